The van der Waals surface area contributed by atoms with E-state index in [1.165, 1.54) is 0 Å². The maximum Gasteiger partial charge on any atom is 0.342 e. The maximum absolute atomic E-state index is 10.5. The lowest BCUT2D eigenvalue weighted by Crippen LogP contribution is -2.12. The lowest BCUT2D eigenvalue weighted by Gasteiger charge is -1.99. The molecular weight excluding hydrogens is 184 g/mol. The average Bonchev–Trinajstić information content (AvgIpc) is 2.00. The van der Waals surface area contributed by atoms with Gasteiger partial charge in [0.15, 0.2) is 6.61 Å². The lowest BCUT2D eigenvalue weighted by atomic mass is 10.3. The molecule has 0 aliphatic heterocycles. The fourth-order valence-electron chi connectivity index (χ4n) is 0.396. The summed E-state index contributed by atoms with van der Waals surface area (Å²) in [5, 5.41) is 16.2. The van der Waals surface area contributed by atoms with Gasteiger partial charge in [0.25, 0.3) is 0 Å². The minimum absolute atomic E-state index is 0.352. The molecule has 13 heavy (non-hydrogen) atoms. The van der Waals surface area contributed by atoms with Crippen LogP contribution < -0.4 is 0 Å². The van der Waals surface area contributed by atoms with Gasteiger partial charge < -0.3 is 10.2 Å². The molecule has 0 heterocycles. The molecule has 0 saturated heterocycles. The van der Waals surface area contributed by atoms with E-state index in [1.54, 1.807) is 0 Å². The topological polar surface area (TPSA) is 110 Å². The van der Waals surface area contributed by atoms with Gasteiger partial charge in [-0.05, 0) is 0 Å². The highest BCUT2D eigenvalue weighted by atomic mass is 17.2. The number of carboxylic acids is 2. The molecular formula is C6H8O7. The number of hydrogen-bond donors (Lipinski definition) is 2. The Kier molecular flexibility index (Phi) is 5.20. The van der Waals surface area contributed by atoms with E-state index < -0.39 is 24.5 Å². The highest BCUT2D eigenvalue weighted by Crippen LogP contribution is 1.93. The zero-order valence-corrected chi connectivity index (χ0v) is 6.56. The highest BCUT2D eigenvalue weighted by molar-refractivity contribution is 5.76. The molecule has 2 N–H and O–H groups in total. The molecule has 0 aliphatic carbocycles. The molecule has 0 unspecified atom stereocenters. The van der Waals surface area contributed by atoms with E-state index in [9.17, 15) is 14.4 Å². The predicted molar refractivity (Wildman–Crippen MR) is 36.5 cm³/mol. The Morgan fingerprint density at radius 2 is 1.62 bits per heavy atom. The Bertz CT molecular complexity index is 209. The first-order chi connectivity index (χ1) is 6.02. The van der Waals surface area contributed by atoms with Gasteiger partial charge in [-0.1, -0.05) is 0 Å². The number of rotatable bonds is 6. The zero-order valence-electron chi connectivity index (χ0n) is 6.56. The van der Waals surface area contributed by atoms with Crippen molar-refractivity contribution in [2.24, 2.45) is 0 Å². The zero-order chi connectivity index (χ0) is 10.3. The van der Waals surface area contributed by atoms with E-state index in [0.717, 1.165) is 0 Å². The van der Waals surface area contributed by atoms with E-state index in [-0.39, 0.29) is 12.8 Å². The summed E-state index contributed by atoms with van der Waals surface area (Å²) in [5.74, 6) is -3.34. The second-order valence-corrected chi connectivity index (χ2v) is 2.01. The fourth-order valence-corrected chi connectivity index (χ4v) is 0.396. The number of carbonyl (C=O) groups is 3. The molecule has 0 atom stereocenters. The third kappa shape index (κ3) is 8.27. The van der Waals surface area contributed by atoms with Crippen LogP contribution in [0.15, 0.2) is 0 Å². The number of hydrogen-bond acceptors (Lipinski definition) is 5. The third-order valence-corrected chi connectivity index (χ3v) is 0.877. The second kappa shape index (κ2) is 5.95. The minimum atomic E-state index is -1.29. The maximum atomic E-state index is 10.5. The molecule has 0 radical (unpaired) electrons. The molecule has 7 nitrogen and oxygen atoms in total. The summed E-state index contributed by atoms with van der Waals surface area (Å²) < 4.78 is 0. The van der Waals surface area contributed by atoms with Crippen LogP contribution in [-0.2, 0) is 24.2 Å². The first-order valence-corrected chi connectivity index (χ1v) is 3.28. The first kappa shape index (κ1) is 11.4. The molecule has 0 aliphatic rings. The van der Waals surface area contributed by atoms with Crippen molar-refractivity contribution < 1.29 is 34.4 Å². The molecule has 0 saturated carbocycles. The minimum Gasteiger partial charge on any atom is -0.481 e. The van der Waals surface area contributed by atoms with Gasteiger partial charge in [-0.3, -0.25) is 9.68 Å². The quantitative estimate of drug-likeness (QED) is 0.427. The molecule has 0 bridgehead atoms. The summed E-state index contributed by atoms with van der Waals surface area (Å²) in [5.41, 5.74) is 0. The molecule has 0 aromatic carbocycles. The molecule has 0 fully saturated rings. The van der Waals surface area contributed by atoms with E-state index in [4.69, 9.17) is 10.2 Å². The molecule has 7 heteroatoms. The Hall–Kier alpha value is -1.63. The van der Waals surface area contributed by atoms with Crippen molar-refractivity contribution in [2.45, 2.75) is 12.8 Å². The van der Waals surface area contributed by atoms with E-state index in [1.807, 2.05) is 0 Å². The van der Waals surface area contributed by atoms with Crippen LogP contribution in [0, 0.1) is 0 Å². The smallest absolute Gasteiger partial charge is 0.342 e. The van der Waals surface area contributed by atoms with Gasteiger partial charge in [-0.25, -0.2) is 9.59 Å². The third-order valence-electron chi connectivity index (χ3n) is 0.877. The Morgan fingerprint density at radius 3 is 2.08 bits per heavy atom. The van der Waals surface area contributed by atoms with Gasteiger partial charge in [0.2, 0.25) is 0 Å². The number of carboxylic acid groups (broad SMARTS) is 2. The molecule has 0 amide bonds. The molecule has 74 valence electrons. The van der Waals surface area contributed by atoms with Crippen LogP contribution in [0.1, 0.15) is 12.8 Å². The van der Waals surface area contributed by atoms with Crippen LogP contribution in [0.4, 0.5) is 0 Å². The van der Waals surface area contributed by atoms with Crippen LogP contribution in [0.25, 0.3) is 0 Å². The van der Waals surface area contributed by atoms with Crippen molar-refractivity contribution in [3.05, 3.63) is 0 Å². The monoisotopic (exact) mass is 192 g/mol. The van der Waals surface area contributed by atoms with Crippen molar-refractivity contribution in [3.63, 3.8) is 0 Å². The largest absolute Gasteiger partial charge is 0.481 e. The van der Waals surface area contributed by atoms with Gasteiger partial charge in [0, 0.05) is 0 Å². The van der Waals surface area contributed by atoms with Gasteiger partial charge in [0.1, 0.15) is 0 Å². The normalized spacial score (nSPS) is 9.23. The van der Waals surface area contributed by atoms with Crippen molar-refractivity contribution in [3.8, 4) is 0 Å². The van der Waals surface area contributed by atoms with Crippen LogP contribution in [0.3, 0.4) is 0 Å². The second-order valence-electron chi connectivity index (χ2n) is 2.01. The van der Waals surface area contributed by atoms with Crippen molar-refractivity contribution in [1.29, 1.82) is 0 Å². The SMILES string of the molecule is O=C(O)CCC(=O)OOCC(=O)O. The van der Waals surface area contributed by atoms with Crippen molar-refractivity contribution in [2.75, 3.05) is 6.61 Å². The summed E-state index contributed by atoms with van der Waals surface area (Å²) in [6, 6.07) is 0. The van der Waals surface area contributed by atoms with Crippen LogP contribution in [0.2, 0.25) is 0 Å². The standard InChI is InChI=1S/C6H8O7/c7-4(8)1-2-6(11)13-12-3-5(9)10/h1-3H2,(H,7,8)(H,9,10). The van der Waals surface area contributed by atoms with Gasteiger partial charge in [0.05, 0.1) is 12.8 Å². The van der Waals surface area contributed by atoms with E-state index in [0.29, 0.717) is 0 Å². The summed E-state index contributed by atoms with van der Waals surface area (Å²) in [7, 11) is 0. The Labute approximate surface area is 72.8 Å². The first-order valence-electron chi connectivity index (χ1n) is 3.28. The fraction of sp³-hybridized carbons (Fsp3) is 0.500. The summed E-state index contributed by atoms with van der Waals surface area (Å²) in [6.45, 7) is -0.765. The number of carbonyl (C=O) groups excluding carboxylic acids is 1. The van der Waals surface area contributed by atoms with Crippen molar-refractivity contribution in [1.82, 2.24) is 0 Å². The van der Waals surface area contributed by atoms with Crippen LogP contribution in [0.5, 0.6) is 0 Å². The van der Waals surface area contributed by atoms with Crippen LogP contribution >= 0.6 is 0 Å². The van der Waals surface area contributed by atoms with Crippen molar-refractivity contribution >= 4 is 17.9 Å². The van der Waals surface area contributed by atoms with Gasteiger partial charge in [-0.15, -0.1) is 0 Å². The average molecular weight is 192 g/mol. The van der Waals surface area contributed by atoms with E-state index in [2.05, 4.69) is 9.78 Å². The predicted octanol–water partition coefficient (Wildman–Crippen LogP) is -0.589. The summed E-state index contributed by atoms with van der Waals surface area (Å²) >= 11 is 0. The Balaban J connectivity index is 3.41. The lowest BCUT2D eigenvalue weighted by molar-refractivity contribution is -0.271. The molecule has 0 aromatic rings. The number of aliphatic carboxylic acids is 2. The summed E-state index contributed by atoms with van der Waals surface area (Å²) in [6.07, 6.45) is -0.732. The van der Waals surface area contributed by atoms with Gasteiger partial charge in [-0.2, -0.15) is 4.89 Å². The molecule has 0 rings (SSSR count). The summed E-state index contributed by atoms with van der Waals surface area (Å²) in [4.78, 5) is 38.2. The van der Waals surface area contributed by atoms with Gasteiger partial charge >= 0.3 is 17.9 Å². The van der Waals surface area contributed by atoms with Crippen LogP contribution in [-0.4, -0.2) is 34.7 Å². The molecule has 0 aromatic heterocycles. The molecule has 0 spiro atoms. The highest BCUT2D eigenvalue weighted by Gasteiger charge is 2.08. The Morgan fingerprint density at radius 1 is 1.00 bits per heavy atom. The van der Waals surface area contributed by atoms with E-state index >= 15 is 0 Å².